The molecule has 1 aliphatic rings. The second kappa shape index (κ2) is 4.48. The SMILES string of the molecule is OC1CCCn2c(-c3cccc(F)c3)nc(Br)c21. The molecule has 0 saturated carbocycles. The summed E-state index contributed by atoms with van der Waals surface area (Å²) in [7, 11) is 0. The lowest BCUT2D eigenvalue weighted by atomic mass is 10.1. The monoisotopic (exact) mass is 310 g/mol. The number of aromatic nitrogens is 2. The number of nitrogens with zero attached hydrogens (tertiary/aromatic N) is 2. The molecule has 18 heavy (non-hydrogen) atoms. The molecule has 1 N–H and O–H groups in total. The quantitative estimate of drug-likeness (QED) is 0.878. The Balaban J connectivity index is 2.16. The molecule has 0 saturated heterocycles. The lowest BCUT2D eigenvalue weighted by Gasteiger charge is -2.21. The Kier molecular flexibility index (Phi) is 2.95. The van der Waals surface area contributed by atoms with E-state index < -0.39 is 6.10 Å². The predicted octanol–water partition coefficient (Wildman–Crippen LogP) is 3.28. The summed E-state index contributed by atoms with van der Waals surface area (Å²) in [5.74, 6) is 0.424. The highest BCUT2D eigenvalue weighted by Gasteiger charge is 2.25. The molecular formula is C13H12BrFN2O. The average molecular weight is 311 g/mol. The van der Waals surface area contributed by atoms with Gasteiger partial charge in [-0.25, -0.2) is 9.37 Å². The van der Waals surface area contributed by atoms with E-state index in [1.165, 1.54) is 12.1 Å². The number of rotatable bonds is 1. The summed E-state index contributed by atoms with van der Waals surface area (Å²) in [5, 5.41) is 9.99. The van der Waals surface area contributed by atoms with Crippen molar-refractivity contribution in [2.24, 2.45) is 0 Å². The van der Waals surface area contributed by atoms with Crippen LogP contribution in [0.1, 0.15) is 24.6 Å². The third-order valence-corrected chi connectivity index (χ3v) is 3.80. The van der Waals surface area contributed by atoms with Crippen LogP contribution < -0.4 is 0 Å². The first kappa shape index (κ1) is 11.9. The van der Waals surface area contributed by atoms with Crippen molar-refractivity contribution in [1.82, 2.24) is 9.55 Å². The van der Waals surface area contributed by atoms with Gasteiger partial charge in [-0.1, -0.05) is 12.1 Å². The molecule has 0 spiro atoms. The van der Waals surface area contributed by atoms with Crippen LogP contribution in [-0.4, -0.2) is 14.7 Å². The molecule has 0 bridgehead atoms. The zero-order valence-electron chi connectivity index (χ0n) is 9.61. The van der Waals surface area contributed by atoms with Crippen molar-refractivity contribution in [2.45, 2.75) is 25.5 Å². The molecule has 0 aliphatic carbocycles. The largest absolute Gasteiger partial charge is 0.387 e. The Morgan fingerprint density at radius 1 is 1.44 bits per heavy atom. The number of fused-ring (bicyclic) bond motifs is 1. The molecule has 94 valence electrons. The highest BCUT2D eigenvalue weighted by Crippen LogP contribution is 2.35. The van der Waals surface area contributed by atoms with Gasteiger partial charge in [0.05, 0.1) is 11.8 Å². The second-order valence-electron chi connectivity index (χ2n) is 4.43. The standard InChI is InChI=1S/C13H12BrFN2O/c14-12-11-10(18)5-2-6-17(11)13(16-12)8-3-1-4-9(15)7-8/h1,3-4,7,10,18H,2,5-6H2. The number of halogens is 2. The van der Waals surface area contributed by atoms with Crippen LogP contribution in [-0.2, 0) is 6.54 Å². The van der Waals surface area contributed by atoms with E-state index in [1.807, 2.05) is 10.6 Å². The van der Waals surface area contributed by atoms with Crippen LogP contribution in [0.4, 0.5) is 4.39 Å². The maximum atomic E-state index is 13.3. The van der Waals surface area contributed by atoms with Gasteiger partial charge < -0.3 is 9.67 Å². The Morgan fingerprint density at radius 3 is 3.06 bits per heavy atom. The fourth-order valence-electron chi connectivity index (χ4n) is 2.41. The van der Waals surface area contributed by atoms with E-state index in [2.05, 4.69) is 20.9 Å². The molecule has 1 atom stereocenters. The normalized spacial score (nSPS) is 18.7. The molecule has 1 aliphatic heterocycles. The minimum absolute atomic E-state index is 0.280. The smallest absolute Gasteiger partial charge is 0.141 e. The summed E-state index contributed by atoms with van der Waals surface area (Å²) >= 11 is 3.37. The number of aliphatic hydroxyl groups is 1. The van der Waals surface area contributed by atoms with Crippen LogP contribution in [0.2, 0.25) is 0 Å². The molecular weight excluding hydrogens is 299 g/mol. The molecule has 0 fully saturated rings. The first-order chi connectivity index (χ1) is 8.66. The summed E-state index contributed by atoms with van der Waals surface area (Å²) in [4.78, 5) is 4.41. The maximum Gasteiger partial charge on any atom is 0.141 e. The fourth-order valence-corrected chi connectivity index (χ4v) is 3.05. The third kappa shape index (κ3) is 1.87. The van der Waals surface area contributed by atoms with E-state index in [9.17, 15) is 9.50 Å². The van der Waals surface area contributed by atoms with E-state index in [0.717, 1.165) is 30.6 Å². The Bertz CT molecular complexity index is 597. The zero-order valence-corrected chi connectivity index (χ0v) is 11.2. The van der Waals surface area contributed by atoms with Gasteiger partial charge in [0, 0.05) is 12.1 Å². The van der Waals surface area contributed by atoms with Gasteiger partial charge in [0.2, 0.25) is 0 Å². The van der Waals surface area contributed by atoms with E-state index >= 15 is 0 Å². The molecule has 2 heterocycles. The second-order valence-corrected chi connectivity index (χ2v) is 5.18. The highest BCUT2D eigenvalue weighted by atomic mass is 79.9. The number of imidazole rings is 1. The Hall–Kier alpha value is -1.20. The van der Waals surface area contributed by atoms with Crippen molar-refractivity contribution >= 4 is 15.9 Å². The van der Waals surface area contributed by atoms with Crippen LogP contribution in [0.15, 0.2) is 28.9 Å². The zero-order chi connectivity index (χ0) is 12.7. The molecule has 1 aromatic carbocycles. The van der Waals surface area contributed by atoms with Gasteiger partial charge in [-0.05, 0) is 40.9 Å². The lowest BCUT2D eigenvalue weighted by Crippen LogP contribution is -2.15. The molecule has 0 amide bonds. The fraction of sp³-hybridized carbons (Fsp3) is 0.308. The van der Waals surface area contributed by atoms with Crippen molar-refractivity contribution in [3.8, 4) is 11.4 Å². The van der Waals surface area contributed by atoms with Crippen LogP contribution in [0.3, 0.4) is 0 Å². The van der Waals surface area contributed by atoms with Gasteiger partial charge in [0.1, 0.15) is 16.2 Å². The minimum atomic E-state index is -0.497. The topological polar surface area (TPSA) is 38.0 Å². The van der Waals surface area contributed by atoms with Gasteiger partial charge in [0.25, 0.3) is 0 Å². The van der Waals surface area contributed by atoms with Crippen molar-refractivity contribution in [3.63, 3.8) is 0 Å². The molecule has 5 heteroatoms. The van der Waals surface area contributed by atoms with Crippen LogP contribution in [0.5, 0.6) is 0 Å². The predicted molar refractivity (Wildman–Crippen MR) is 69.5 cm³/mol. The number of benzene rings is 1. The lowest BCUT2D eigenvalue weighted by molar-refractivity contribution is 0.138. The number of aliphatic hydroxyl groups excluding tert-OH is 1. The molecule has 3 nitrogen and oxygen atoms in total. The molecule has 1 unspecified atom stereocenters. The maximum absolute atomic E-state index is 13.3. The average Bonchev–Trinajstić information content (AvgIpc) is 2.68. The van der Waals surface area contributed by atoms with Gasteiger partial charge in [-0.3, -0.25) is 0 Å². The van der Waals surface area contributed by atoms with E-state index in [1.54, 1.807) is 6.07 Å². The number of hydrogen-bond acceptors (Lipinski definition) is 2. The van der Waals surface area contributed by atoms with Gasteiger partial charge in [-0.2, -0.15) is 0 Å². The Labute approximate surface area is 112 Å². The van der Waals surface area contributed by atoms with Gasteiger partial charge in [-0.15, -0.1) is 0 Å². The van der Waals surface area contributed by atoms with E-state index in [0.29, 0.717) is 10.4 Å². The molecule has 1 aromatic heterocycles. The van der Waals surface area contributed by atoms with E-state index in [-0.39, 0.29) is 5.82 Å². The molecule has 2 aromatic rings. The van der Waals surface area contributed by atoms with Gasteiger partial charge >= 0.3 is 0 Å². The van der Waals surface area contributed by atoms with Crippen LogP contribution >= 0.6 is 15.9 Å². The summed E-state index contributed by atoms with van der Waals surface area (Å²) in [5.41, 5.74) is 1.52. The summed E-state index contributed by atoms with van der Waals surface area (Å²) in [6.45, 7) is 0.802. The molecule has 3 rings (SSSR count). The third-order valence-electron chi connectivity index (χ3n) is 3.22. The number of hydrogen-bond donors (Lipinski definition) is 1. The van der Waals surface area contributed by atoms with Crippen molar-refractivity contribution in [2.75, 3.05) is 0 Å². The van der Waals surface area contributed by atoms with Gasteiger partial charge in [0.15, 0.2) is 0 Å². The van der Waals surface area contributed by atoms with Crippen LogP contribution in [0, 0.1) is 5.82 Å². The van der Waals surface area contributed by atoms with E-state index in [4.69, 9.17) is 0 Å². The Morgan fingerprint density at radius 2 is 2.28 bits per heavy atom. The summed E-state index contributed by atoms with van der Waals surface area (Å²) in [6, 6.07) is 6.36. The summed E-state index contributed by atoms with van der Waals surface area (Å²) < 4.78 is 15.9. The summed E-state index contributed by atoms with van der Waals surface area (Å²) in [6.07, 6.45) is 1.15. The first-order valence-corrected chi connectivity index (χ1v) is 6.66. The first-order valence-electron chi connectivity index (χ1n) is 5.87. The molecule has 0 radical (unpaired) electrons. The van der Waals surface area contributed by atoms with Crippen molar-refractivity contribution in [3.05, 3.63) is 40.4 Å². The van der Waals surface area contributed by atoms with Crippen LogP contribution in [0.25, 0.3) is 11.4 Å². The minimum Gasteiger partial charge on any atom is -0.387 e. The van der Waals surface area contributed by atoms with Crippen molar-refractivity contribution < 1.29 is 9.50 Å². The van der Waals surface area contributed by atoms with Crippen molar-refractivity contribution in [1.29, 1.82) is 0 Å². The highest BCUT2D eigenvalue weighted by molar-refractivity contribution is 9.10.